The van der Waals surface area contributed by atoms with Crippen molar-refractivity contribution in [2.45, 2.75) is 45.6 Å². The van der Waals surface area contributed by atoms with Gasteiger partial charge in [0.05, 0.1) is 6.61 Å². The van der Waals surface area contributed by atoms with Gasteiger partial charge in [0.15, 0.2) is 0 Å². The van der Waals surface area contributed by atoms with Crippen LogP contribution in [0.25, 0.3) is 0 Å². The zero-order valence-electron chi connectivity index (χ0n) is 14.0. The van der Waals surface area contributed by atoms with E-state index in [1.165, 1.54) is 11.1 Å². The summed E-state index contributed by atoms with van der Waals surface area (Å²) in [5.74, 6) is 1.12. The number of piperidine rings is 1. The molecule has 4 nitrogen and oxygen atoms in total. The minimum Gasteiger partial charge on any atom is -0.494 e. The normalized spacial score (nSPS) is 15.6. The molecule has 0 saturated carbocycles. The lowest BCUT2D eigenvalue weighted by molar-refractivity contribution is -0.132. The molecule has 4 heteroatoms. The van der Waals surface area contributed by atoms with Crippen molar-refractivity contribution in [1.29, 1.82) is 0 Å². The van der Waals surface area contributed by atoms with E-state index >= 15 is 0 Å². The third-order valence-electron chi connectivity index (χ3n) is 4.53. The van der Waals surface area contributed by atoms with Gasteiger partial charge in [-0.1, -0.05) is 6.07 Å². The third kappa shape index (κ3) is 4.73. The fraction of sp³-hybridized carbons (Fsp3) is 0.611. The standard InChI is InChI=1S/C18H28N2O2/c1-14-6-7-17(13-15(14)2)22-12-4-5-18(21)20(3)16-8-10-19-11-9-16/h6-7,13,16,19H,4-5,8-12H2,1-3H3. The molecule has 0 atom stereocenters. The van der Waals surface area contributed by atoms with Gasteiger partial charge in [-0.05, 0) is 69.5 Å². The van der Waals surface area contributed by atoms with Crippen molar-refractivity contribution in [2.75, 3.05) is 26.7 Å². The number of carbonyl (C=O) groups excluding carboxylic acids is 1. The third-order valence-corrected chi connectivity index (χ3v) is 4.53. The Kier molecular flexibility index (Phi) is 6.25. The van der Waals surface area contributed by atoms with Gasteiger partial charge in [-0.2, -0.15) is 0 Å². The Balaban J connectivity index is 1.69. The SMILES string of the molecule is Cc1ccc(OCCCC(=O)N(C)C2CCNCC2)cc1C. The summed E-state index contributed by atoms with van der Waals surface area (Å²) in [6.45, 7) is 6.79. The van der Waals surface area contributed by atoms with Gasteiger partial charge in [0, 0.05) is 19.5 Å². The molecule has 0 radical (unpaired) electrons. The maximum Gasteiger partial charge on any atom is 0.222 e. The van der Waals surface area contributed by atoms with Gasteiger partial charge in [-0.25, -0.2) is 0 Å². The highest BCUT2D eigenvalue weighted by Gasteiger charge is 2.21. The van der Waals surface area contributed by atoms with Crippen LogP contribution in [0.5, 0.6) is 5.75 Å². The lowest BCUT2D eigenvalue weighted by Crippen LogP contribution is -2.43. The summed E-state index contributed by atoms with van der Waals surface area (Å²) in [5, 5.41) is 3.33. The summed E-state index contributed by atoms with van der Waals surface area (Å²) in [7, 11) is 1.93. The molecular weight excluding hydrogens is 276 g/mol. The molecule has 0 spiro atoms. The first-order valence-corrected chi connectivity index (χ1v) is 8.24. The molecule has 122 valence electrons. The number of nitrogens with zero attached hydrogens (tertiary/aromatic N) is 1. The molecule has 1 aliphatic rings. The van der Waals surface area contributed by atoms with E-state index in [0.29, 0.717) is 19.1 Å². The van der Waals surface area contributed by atoms with E-state index in [0.717, 1.165) is 38.1 Å². The number of amides is 1. The van der Waals surface area contributed by atoms with Crippen molar-refractivity contribution in [1.82, 2.24) is 10.2 Å². The van der Waals surface area contributed by atoms with E-state index in [9.17, 15) is 4.79 Å². The number of benzene rings is 1. The molecular formula is C18H28N2O2. The first-order valence-electron chi connectivity index (χ1n) is 8.24. The first kappa shape index (κ1) is 16.8. The fourth-order valence-corrected chi connectivity index (χ4v) is 2.79. The minimum absolute atomic E-state index is 0.232. The van der Waals surface area contributed by atoms with Crippen molar-refractivity contribution in [3.8, 4) is 5.75 Å². The van der Waals surface area contributed by atoms with E-state index in [4.69, 9.17) is 4.74 Å². The van der Waals surface area contributed by atoms with Gasteiger partial charge < -0.3 is 15.0 Å². The van der Waals surface area contributed by atoms with Crippen LogP contribution in [0, 0.1) is 13.8 Å². The topological polar surface area (TPSA) is 41.6 Å². The number of hydrogen-bond donors (Lipinski definition) is 1. The highest BCUT2D eigenvalue weighted by Crippen LogP contribution is 2.17. The predicted octanol–water partition coefficient (Wildman–Crippen LogP) is 2.67. The number of ether oxygens (including phenoxy) is 1. The van der Waals surface area contributed by atoms with Crippen LogP contribution in [0.4, 0.5) is 0 Å². The quantitative estimate of drug-likeness (QED) is 0.822. The van der Waals surface area contributed by atoms with Gasteiger partial charge in [-0.3, -0.25) is 4.79 Å². The zero-order chi connectivity index (χ0) is 15.9. The van der Waals surface area contributed by atoms with Crippen LogP contribution in [0.1, 0.15) is 36.8 Å². The van der Waals surface area contributed by atoms with E-state index in [2.05, 4.69) is 31.3 Å². The van der Waals surface area contributed by atoms with Crippen molar-refractivity contribution in [3.63, 3.8) is 0 Å². The highest BCUT2D eigenvalue weighted by molar-refractivity contribution is 5.76. The Labute approximate surface area is 133 Å². The van der Waals surface area contributed by atoms with Crippen molar-refractivity contribution in [2.24, 2.45) is 0 Å². The summed E-state index contributed by atoms with van der Waals surface area (Å²) in [5.41, 5.74) is 2.50. The molecule has 1 amide bonds. The van der Waals surface area contributed by atoms with Crippen LogP contribution < -0.4 is 10.1 Å². The number of hydrogen-bond acceptors (Lipinski definition) is 3. The van der Waals surface area contributed by atoms with Crippen LogP contribution >= 0.6 is 0 Å². The van der Waals surface area contributed by atoms with Crippen LogP contribution in [0.2, 0.25) is 0 Å². The summed E-state index contributed by atoms with van der Waals surface area (Å²) in [4.78, 5) is 14.1. The molecule has 1 aliphatic heterocycles. The molecule has 0 aliphatic carbocycles. The molecule has 1 heterocycles. The average molecular weight is 304 g/mol. The van der Waals surface area contributed by atoms with Gasteiger partial charge in [0.25, 0.3) is 0 Å². The number of carbonyl (C=O) groups is 1. The summed E-state index contributed by atoms with van der Waals surface area (Å²) in [6.07, 6.45) is 3.44. The zero-order valence-corrected chi connectivity index (χ0v) is 14.0. The first-order chi connectivity index (χ1) is 10.6. The van der Waals surface area contributed by atoms with E-state index in [1.54, 1.807) is 0 Å². The van der Waals surface area contributed by atoms with Gasteiger partial charge >= 0.3 is 0 Å². The second kappa shape index (κ2) is 8.18. The number of aryl methyl sites for hydroxylation is 2. The lowest BCUT2D eigenvalue weighted by atomic mass is 10.0. The van der Waals surface area contributed by atoms with Crippen molar-refractivity contribution < 1.29 is 9.53 Å². The van der Waals surface area contributed by atoms with Crippen LogP contribution in [0.3, 0.4) is 0 Å². The second-order valence-electron chi connectivity index (χ2n) is 6.18. The van der Waals surface area contributed by atoms with Crippen LogP contribution in [-0.2, 0) is 4.79 Å². The molecule has 1 saturated heterocycles. The minimum atomic E-state index is 0.232. The molecule has 0 unspecified atom stereocenters. The predicted molar refractivity (Wildman–Crippen MR) is 89.3 cm³/mol. The largest absolute Gasteiger partial charge is 0.494 e. The Morgan fingerprint density at radius 3 is 2.68 bits per heavy atom. The number of rotatable bonds is 6. The highest BCUT2D eigenvalue weighted by atomic mass is 16.5. The van der Waals surface area contributed by atoms with E-state index < -0.39 is 0 Å². The van der Waals surface area contributed by atoms with Gasteiger partial charge in [0.2, 0.25) is 5.91 Å². The molecule has 1 N–H and O–H groups in total. The average Bonchev–Trinajstić information content (AvgIpc) is 2.54. The fourth-order valence-electron chi connectivity index (χ4n) is 2.79. The lowest BCUT2D eigenvalue weighted by Gasteiger charge is -2.31. The van der Waals surface area contributed by atoms with Crippen molar-refractivity contribution in [3.05, 3.63) is 29.3 Å². The van der Waals surface area contributed by atoms with Gasteiger partial charge in [0.1, 0.15) is 5.75 Å². The Morgan fingerprint density at radius 2 is 2.00 bits per heavy atom. The van der Waals surface area contributed by atoms with Crippen molar-refractivity contribution >= 4 is 5.91 Å². The van der Waals surface area contributed by atoms with Crippen LogP contribution in [0.15, 0.2) is 18.2 Å². The molecule has 2 rings (SSSR count). The molecule has 0 aromatic heterocycles. The van der Waals surface area contributed by atoms with Gasteiger partial charge in [-0.15, -0.1) is 0 Å². The maximum absolute atomic E-state index is 12.2. The monoisotopic (exact) mass is 304 g/mol. The molecule has 22 heavy (non-hydrogen) atoms. The molecule has 1 aromatic rings. The second-order valence-corrected chi connectivity index (χ2v) is 6.18. The van der Waals surface area contributed by atoms with Crippen LogP contribution in [-0.4, -0.2) is 43.6 Å². The smallest absolute Gasteiger partial charge is 0.222 e. The van der Waals surface area contributed by atoms with E-state index in [-0.39, 0.29) is 5.91 Å². The molecule has 1 aromatic carbocycles. The number of nitrogens with one attached hydrogen (secondary N) is 1. The maximum atomic E-state index is 12.2. The molecule has 0 bridgehead atoms. The Bertz CT molecular complexity index is 496. The summed E-state index contributed by atoms with van der Waals surface area (Å²) < 4.78 is 5.74. The molecule has 1 fully saturated rings. The Morgan fingerprint density at radius 1 is 1.27 bits per heavy atom. The van der Waals surface area contributed by atoms with E-state index in [1.807, 2.05) is 18.0 Å². The summed E-state index contributed by atoms with van der Waals surface area (Å²) in [6, 6.07) is 6.51. The Hall–Kier alpha value is -1.55. The summed E-state index contributed by atoms with van der Waals surface area (Å²) >= 11 is 0.